The number of benzene rings is 1. The molecule has 0 amide bonds. The predicted octanol–water partition coefficient (Wildman–Crippen LogP) is 2.07. The normalized spacial score (nSPS) is 10.6. The van der Waals surface area contributed by atoms with Crippen molar-refractivity contribution in [1.29, 1.82) is 0 Å². The van der Waals surface area contributed by atoms with Crippen LogP contribution in [0.15, 0.2) is 36.7 Å². The molecule has 0 unspecified atom stereocenters. The Kier molecular flexibility index (Phi) is 3.37. The fourth-order valence-electron chi connectivity index (χ4n) is 1.70. The molecule has 0 saturated carbocycles. The van der Waals surface area contributed by atoms with E-state index in [1.807, 2.05) is 17.1 Å². The summed E-state index contributed by atoms with van der Waals surface area (Å²) < 4.78 is 1.88. The first-order valence-electron chi connectivity index (χ1n) is 5.65. The Hall–Kier alpha value is -1.61. The van der Waals surface area contributed by atoms with Gasteiger partial charge in [-0.05, 0) is 17.5 Å². The van der Waals surface area contributed by atoms with Crippen LogP contribution >= 0.6 is 0 Å². The van der Waals surface area contributed by atoms with Crippen molar-refractivity contribution in [3.8, 4) is 11.1 Å². The summed E-state index contributed by atoms with van der Waals surface area (Å²) in [5.41, 5.74) is 9.20. The largest absolute Gasteiger partial charge is 0.329 e. The third kappa shape index (κ3) is 2.31. The molecular weight excluding hydrogens is 198 g/mol. The van der Waals surface area contributed by atoms with Gasteiger partial charge in [-0.3, -0.25) is 4.68 Å². The zero-order chi connectivity index (χ0) is 11.4. The molecule has 2 N–H and O–H groups in total. The van der Waals surface area contributed by atoms with Gasteiger partial charge in [-0.1, -0.05) is 31.2 Å². The van der Waals surface area contributed by atoms with Gasteiger partial charge in [-0.15, -0.1) is 0 Å². The van der Waals surface area contributed by atoms with E-state index in [1.165, 1.54) is 11.1 Å². The van der Waals surface area contributed by atoms with Crippen LogP contribution in [0, 0.1) is 0 Å². The second-order valence-electron chi connectivity index (χ2n) is 3.83. The second-order valence-corrected chi connectivity index (χ2v) is 3.83. The Labute approximate surface area is 95.9 Å². The number of aromatic nitrogens is 2. The molecule has 0 aliphatic rings. The predicted molar refractivity (Wildman–Crippen MR) is 66.1 cm³/mol. The van der Waals surface area contributed by atoms with Crippen LogP contribution in [0.5, 0.6) is 0 Å². The minimum Gasteiger partial charge on any atom is -0.329 e. The quantitative estimate of drug-likeness (QED) is 0.848. The Morgan fingerprint density at radius 3 is 2.56 bits per heavy atom. The van der Waals surface area contributed by atoms with Crippen LogP contribution in [0.25, 0.3) is 11.1 Å². The highest BCUT2D eigenvalue weighted by Crippen LogP contribution is 2.19. The third-order valence-corrected chi connectivity index (χ3v) is 2.69. The van der Waals surface area contributed by atoms with E-state index in [1.54, 1.807) is 0 Å². The van der Waals surface area contributed by atoms with Crippen molar-refractivity contribution in [2.75, 3.05) is 6.54 Å². The zero-order valence-electron chi connectivity index (χ0n) is 9.56. The molecule has 2 aromatic rings. The minimum absolute atomic E-state index is 0.621. The highest BCUT2D eigenvalue weighted by molar-refractivity contribution is 5.61. The summed E-state index contributed by atoms with van der Waals surface area (Å²) in [6, 6.07) is 8.61. The summed E-state index contributed by atoms with van der Waals surface area (Å²) >= 11 is 0. The minimum atomic E-state index is 0.621. The molecule has 0 aliphatic carbocycles. The lowest BCUT2D eigenvalue weighted by Gasteiger charge is -1.99. The lowest BCUT2D eigenvalue weighted by molar-refractivity contribution is 0.625. The maximum absolute atomic E-state index is 5.49. The first-order valence-corrected chi connectivity index (χ1v) is 5.65. The van der Waals surface area contributed by atoms with Crippen LogP contribution in [0.2, 0.25) is 0 Å². The molecule has 0 radical (unpaired) electrons. The standard InChI is InChI=1S/C13H17N3/c1-2-11-3-5-12(6-4-11)13-9-15-16(10-13)8-7-14/h3-6,9-10H,2,7-8,14H2,1H3. The molecule has 3 nitrogen and oxygen atoms in total. The van der Waals surface area contributed by atoms with Gasteiger partial charge in [0.25, 0.3) is 0 Å². The second kappa shape index (κ2) is 4.94. The molecular formula is C13H17N3. The van der Waals surface area contributed by atoms with Gasteiger partial charge < -0.3 is 5.73 Å². The Morgan fingerprint density at radius 1 is 1.19 bits per heavy atom. The molecule has 1 aromatic carbocycles. The van der Waals surface area contributed by atoms with Gasteiger partial charge in [0, 0.05) is 18.3 Å². The Morgan fingerprint density at radius 2 is 1.94 bits per heavy atom. The van der Waals surface area contributed by atoms with Gasteiger partial charge in [0.15, 0.2) is 0 Å². The maximum atomic E-state index is 5.49. The average Bonchev–Trinajstić information content (AvgIpc) is 2.78. The summed E-state index contributed by atoms with van der Waals surface area (Å²) in [4.78, 5) is 0. The van der Waals surface area contributed by atoms with Crippen molar-refractivity contribution in [3.05, 3.63) is 42.2 Å². The van der Waals surface area contributed by atoms with Crippen LogP contribution in [0.3, 0.4) is 0 Å². The van der Waals surface area contributed by atoms with E-state index in [-0.39, 0.29) is 0 Å². The van der Waals surface area contributed by atoms with Gasteiger partial charge >= 0.3 is 0 Å². The Bertz CT molecular complexity index is 442. The number of aryl methyl sites for hydroxylation is 1. The smallest absolute Gasteiger partial charge is 0.0568 e. The topological polar surface area (TPSA) is 43.8 Å². The zero-order valence-corrected chi connectivity index (χ0v) is 9.56. The Balaban J connectivity index is 2.21. The van der Waals surface area contributed by atoms with Crippen LogP contribution in [-0.4, -0.2) is 16.3 Å². The monoisotopic (exact) mass is 215 g/mol. The van der Waals surface area contributed by atoms with Crippen molar-refractivity contribution in [3.63, 3.8) is 0 Å². The van der Waals surface area contributed by atoms with Gasteiger partial charge in [0.05, 0.1) is 12.7 Å². The van der Waals surface area contributed by atoms with Crippen molar-refractivity contribution >= 4 is 0 Å². The van der Waals surface area contributed by atoms with E-state index in [0.717, 1.165) is 18.5 Å². The molecule has 0 atom stereocenters. The van der Waals surface area contributed by atoms with E-state index in [2.05, 4.69) is 36.3 Å². The molecule has 84 valence electrons. The number of hydrogen-bond acceptors (Lipinski definition) is 2. The third-order valence-electron chi connectivity index (χ3n) is 2.69. The molecule has 16 heavy (non-hydrogen) atoms. The van der Waals surface area contributed by atoms with E-state index in [4.69, 9.17) is 5.73 Å². The van der Waals surface area contributed by atoms with Gasteiger partial charge in [0.2, 0.25) is 0 Å². The van der Waals surface area contributed by atoms with E-state index < -0.39 is 0 Å². The lowest BCUT2D eigenvalue weighted by Crippen LogP contribution is -2.09. The van der Waals surface area contributed by atoms with Crippen molar-refractivity contribution < 1.29 is 0 Å². The number of hydrogen-bond donors (Lipinski definition) is 1. The molecule has 0 saturated heterocycles. The van der Waals surface area contributed by atoms with Crippen molar-refractivity contribution in [2.24, 2.45) is 5.73 Å². The van der Waals surface area contributed by atoms with Crippen LogP contribution in [0.4, 0.5) is 0 Å². The summed E-state index contributed by atoms with van der Waals surface area (Å²) in [5, 5.41) is 4.26. The summed E-state index contributed by atoms with van der Waals surface area (Å²) in [7, 11) is 0. The van der Waals surface area contributed by atoms with Crippen molar-refractivity contribution in [1.82, 2.24) is 9.78 Å². The fraction of sp³-hybridized carbons (Fsp3) is 0.308. The van der Waals surface area contributed by atoms with Crippen LogP contribution < -0.4 is 5.73 Å². The van der Waals surface area contributed by atoms with Gasteiger partial charge in [0.1, 0.15) is 0 Å². The van der Waals surface area contributed by atoms with E-state index in [0.29, 0.717) is 6.54 Å². The maximum Gasteiger partial charge on any atom is 0.0568 e. The molecule has 0 fully saturated rings. The summed E-state index contributed by atoms with van der Waals surface area (Å²) in [5.74, 6) is 0. The van der Waals surface area contributed by atoms with Crippen LogP contribution in [0.1, 0.15) is 12.5 Å². The number of rotatable bonds is 4. The highest BCUT2D eigenvalue weighted by Gasteiger charge is 2.01. The van der Waals surface area contributed by atoms with Gasteiger partial charge in [-0.2, -0.15) is 5.10 Å². The molecule has 0 bridgehead atoms. The molecule has 3 heteroatoms. The molecule has 1 heterocycles. The molecule has 0 aliphatic heterocycles. The fourth-order valence-corrected chi connectivity index (χ4v) is 1.70. The van der Waals surface area contributed by atoms with Gasteiger partial charge in [-0.25, -0.2) is 0 Å². The molecule has 1 aromatic heterocycles. The summed E-state index contributed by atoms with van der Waals surface area (Å²) in [6.07, 6.45) is 5.00. The number of nitrogens with zero attached hydrogens (tertiary/aromatic N) is 2. The lowest BCUT2D eigenvalue weighted by atomic mass is 10.1. The van der Waals surface area contributed by atoms with E-state index >= 15 is 0 Å². The number of nitrogens with two attached hydrogens (primary N) is 1. The molecule has 0 spiro atoms. The first-order chi connectivity index (χ1) is 7.83. The summed E-state index contributed by atoms with van der Waals surface area (Å²) in [6.45, 7) is 3.55. The van der Waals surface area contributed by atoms with Crippen molar-refractivity contribution in [2.45, 2.75) is 19.9 Å². The highest BCUT2D eigenvalue weighted by atomic mass is 15.3. The van der Waals surface area contributed by atoms with Crippen LogP contribution in [-0.2, 0) is 13.0 Å². The SMILES string of the molecule is CCc1ccc(-c2cnn(CCN)c2)cc1. The van der Waals surface area contributed by atoms with E-state index in [9.17, 15) is 0 Å². The first kappa shape index (κ1) is 10.9. The molecule has 2 rings (SSSR count). The average molecular weight is 215 g/mol.